The fourth-order valence-corrected chi connectivity index (χ4v) is 0.852. The summed E-state index contributed by atoms with van der Waals surface area (Å²) in [6.07, 6.45) is 0.926. The minimum atomic E-state index is -1.55. The van der Waals surface area contributed by atoms with Crippen molar-refractivity contribution in [3.63, 3.8) is 0 Å². The minimum absolute atomic E-state index is 0.601. The topological polar surface area (TPSA) is 26.3 Å². The van der Waals surface area contributed by atoms with E-state index in [1.54, 1.807) is 7.11 Å². The molecule has 0 amide bonds. The van der Waals surface area contributed by atoms with Crippen molar-refractivity contribution in [3.8, 4) is 0 Å². The van der Waals surface area contributed by atoms with Gasteiger partial charge in [-0.3, -0.25) is 0 Å². The zero-order valence-electron chi connectivity index (χ0n) is 5.60. The van der Waals surface area contributed by atoms with Crippen molar-refractivity contribution >= 4 is 14.6 Å². The molecule has 0 aliphatic rings. The summed E-state index contributed by atoms with van der Waals surface area (Å²) in [6, 6.07) is 0.601. The van der Waals surface area contributed by atoms with Crippen LogP contribution in [-0.2, 0) is 9.22 Å². The molecule has 48 valence electrons. The van der Waals surface area contributed by atoms with Crippen LogP contribution in [0.15, 0.2) is 0 Å². The Labute approximate surface area is 51.0 Å². The maximum Gasteiger partial charge on any atom is 0.193 e. The van der Waals surface area contributed by atoms with E-state index in [1.807, 2.05) is 13.1 Å². The molecule has 0 aromatic heterocycles. The van der Waals surface area contributed by atoms with Crippen molar-refractivity contribution in [1.29, 1.82) is 0 Å². The number of hydrogen-bond acceptors (Lipinski definition) is 2. The molecule has 3 heteroatoms. The van der Waals surface area contributed by atoms with Gasteiger partial charge in [-0.05, 0) is 13.1 Å². The molecule has 0 bridgehead atoms. The lowest BCUT2D eigenvalue weighted by atomic mass is 10.9. The molecule has 0 spiro atoms. The highest BCUT2D eigenvalue weighted by Gasteiger charge is 2.18. The van der Waals surface area contributed by atoms with E-state index in [0.29, 0.717) is 6.04 Å². The van der Waals surface area contributed by atoms with Crippen molar-refractivity contribution in [1.82, 2.24) is 0 Å². The van der Waals surface area contributed by atoms with Crippen molar-refractivity contribution in [2.45, 2.75) is 19.1 Å². The zero-order valence-corrected chi connectivity index (χ0v) is 6.60. The molecule has 0 aromatic rings. The van der Waals surface area contributed by atoms with Crippen LogP contribution in [0.5, 0.6) is 0 Å². The van der Waals surface area contributed by atoms with Gasteiger partial charge in [0.25, 0.3) is 0 Å². The molecule has 2 nitrogen and oxygen atoms in total. The smallest absolute Gasteiger partial charge is 0.193 e. The van der Waals surface area contributed by atoms with E-state index in [9.17, 15) is 4.79 Å². The Hall–Kier alpha value is -0.153. The molecule has 8 heavy (non-hydrogen) atoms. The highest BCUT2D eigenvalue weighted by Crippen LogP contribution is 2.05. The van der Waals surface area contributed by atoms with Gasteiger partial charge in [-0.1, -0.05) is 0 Å². The number of hydrogen-bond donors (Lipinski definition) is 0. The molecule has 0 aliphatic carbocycles. The Kier molecular flexibility index (Phi) is 2.93. The third-order valence-corrected chi connectivity index (χ3v) is 3.38. The lowest BCUT2D eigenvalue weighted by Crippen LogP contribution is -2.28. The van der Waals surface area contributed by atoms with Crippen LogP contribution in [0.3, 0.4) is 0 Å². The fourth-order valence-electron chi connectivity index (χ4n) is 0.284. The first-order valence-corrected chi connectivity index (χ1v) is 5.73. The van der Waals surface area contributed by atoms with Gasteiger partial charge in [0.1, 0.15) is 6.29 Å². The van der Waals surface area contributed by atoms with Gasteiger partial charge in [-0.2, -0.15) is 0 Å². The molecule has 0 heterocycles. The quantitative estimate of drug-likeness (QED) is 0.423. The van der Waals surface area contributed by atoms with Crippen LogP contribution in [0.2, 0.25) is 19.1 Å². The van der Waals surface area contributed by atoms with Gasteiger partial charge in [-0.25, -0.2) is 0 Å². The highest BCUT2D eigenvalue weighted by molar-refractivity contribution is 6.73. The second-order valence-corrected chi connectivity index (χ2v) is 6.67. The molecule has 0 rings (SSSR count). The maximum atomic E-state index is 9.93. The number of carbonyl (C=O) groups is 1. The van der Waals surface area contributed by atoms with Crippen molar-refractivity contribution in [2.75, 3.05) is 7.11 Å². The summed E-state index contributed by atoms with van der Waals surface area (Å²) in [5, 5.41) is 0. The average molecular weight is 132 g/mol. The van der Waals surface area contributed by atoms with Crippen molar-refractivity contribution in [3.05, 3.63) is 0 Å². The van der Waals surface area contributed by atoms with Crippen molar-refractivity contribution in [2.24, 2.45) is 0 Å². The molecular formula is C5H12O2Si. The average Bonchev–Trinajstić information content (AvgIpc) is 1.67. The van der Waals surface area contributed by atoms with Crippen LogP contribution in [-0.4, -0.2) is 21.7 Å². The van der Waals surface area contributed by atoms with Gasteiger partial charge < -0.3 is 9.22 Å². The minimum Gasteiger partial charge on any atom is -0.420 e. The summed E-state index contributed by atoms with van der Waals surface area (Å²) in [6.45, 7) is 4.03. The number of rotatable bonds is 3. The highest BCUT2D eigenvalue weighted by atomic mass is 28.4. The molecular weight excluding hydrogens is 120 g/mol. The van der Waals surface area contributed by atoms with E-state index in [1.165, 1.54) is 0 Å². The van der Waals surface area contributed by atoms with Gasteiger partial charge in [-0.15, -0.1) is 0 Å². The lowest BCUT2D eigenvalue weighted by Gasteiger charge is -2.15. The van der Waals surface area contributed by atoms with Crippen LogP contribution in [0.25, 0.3) is 0 Å². The van der Waals surface area contributed by atoms with E-state index >= 15 is 0 Å². The van der Waals surface area contributed by atoms with Gasteiger partial charge in [0.15, 0.2) is 8.32 Å². The van der Waals surface area contributed by atoms with Crippen molar-refractivity contribution < 1.29 is 9.22 Å². The van der Waals surface area contributed by atoms with Gasteiger partial charge >= 0.3 is 0 Å². The third-order valence-electron chi connectivity index (χ3n) is 1.13. The Morgan fingerprint density at radius 3 is 2.25 bits per heavy atom. The molecule has 0 aromatic carbocycles. The van der Waals surface area contributed by atoms with E-state index < -0.39 is 8.32 Å². The number of aldehydes is 1. The van der Waals surface area contributed by atoms with Crippen LogP contribution >= 0.6 is 0 Å². The van der Waals surface area contributed by atoms with Gasteiger partial charge in [0.05, 0.1) is 0 Å². The molecule has 0 aliphatic heterocycles. The first-order valence-electron chi connectivity index (χ1n) is 2.61. The summed E-state index contributed by atoms with van der Waals surface area (Å²) >= 11 is 0. The summed E-state index contributed by atoms with van der Waals surface area (Å²) in [7, 11) is 0.117. The zero-order chi connectivity index (χ0) is 6.62. The summed E-state index contributed by atoms with van der Waals surface area (Å²) in [4.78, 5) is 9.93. The first-order chi connectivity index (χ1) is 3.62. The molecule has 0 saturated heterocycles. The summed E-state index contributed by atoms with van der Waals surface area (Å²) in [5.74, 6) is 0. The second kappa shape index (κ2) is 2.99. The normalized spacial score (nSPS) is 11.4. The molecule has 0 radical (unpaired) electrons. The largest absolute Gasteiger partial charge is 0.420 e. The third kappa shape index (κ3) is 2.93. The summed E-state index contributed by atoms with van der Waals surface area (Å²) < 4.78 is 5.09. The molecule has 0 saturated carbocycles. The molecule has 0 unspecified atom stereocenters. The molecule has 0 N–H and O–H groups in total. The monoisotopic (exact) mass is 132 g/mol. The van der Waals surface area contributed by atoms with Gasteiger partial charge in [0.2, 0.25) is 0 Å². The van der Waals surface area contributed by atoms with E-state index in [0.717, 1.165) is 6.29 Å². The van der Waals surface area contributed by atoms with Gasteiger partial charge in [0, 0.05) is 13.2 Å². The standard InChI is InChI=1S/C5H12O2Si/c1-7-8(2,3)5-4-6/h4H,5H2,1-3H3. The summed E-state index contributed by atoms with van der Waals surface area (Å²) in [5.41, 5.74) is 0. The predicted octanol–water partition coefficient (Wildman–Crippen LogP) is 1.04. The Morgan fingerprint density at radius 2 is 2.12 bits per heavy atom. The van der Waals surface area contributed by atoms with E-state index in [-0.39, 0.29) is 0 Å². The first kappa shape index (κ1) is 7.85. The Balaban J connectivity index is 3.53. The van der Waals surface area contributed by atoms with Crippen LogP contribution < -0.4 is 0 Å². The van der Waals surface area contributed by atoms with Crippen LogP contribution in [0.1, 0.15) is 0 Å². The van der Waals surface area contributed by atoms with E-state index in [2.05, 4.69) is 0 Å². The molecule has 0 fully saturated rings. The lowest BCUT2D eigenvalue weighted by molar-refractivity contribution is -0.106. The maximum absolute atomic E-state index is 9.93. The fraction of sp³-hybridized carbons (Fsp3) is 0.800. The number of carbonyl (C=O) groups excluding carboxylic acids is 1. The van der Waals surface area contributed by atoms with Crippen LogP contribution in [0.4, 0.5) is 0 Å². The van der Waals surface area contributed by atoms with Crippen LogP contribution in [0, 0.1) is 0 Å². The second-order valence-electron chi connectivity index (χ2n) is 2.33. The predicted molar refractivity (Wildman–Crippen MR) is 35.4 cm³/mol. The van der Waals surface area contributed by atoms with E-state index in [4.69, 9.17) is 4.43 Å². The Morgan fingerprint density at radius 1 is 1.62 bits per heavy atom. The SMILES string of the molecule is CO[Si](C)(C)CC=O. The Bertz CT molecular complexity index is 80.5. The molecule has 0 atom stereocenters.